The molecule has 1 heterocycles. The zero-order valence-corrected chi connectivity index (χ0v) is 9.96. The van der Waals surface area contributed by atoms with Crippen molar-refractivity contribution >= 4 is 11.6 Å². The second-order valence-electron chi connectivity index (χ2n) is 5.36. The van der Waals surface area contributed by atoms with Crippen LogP contribution in [0, 0.1) is 0 Å². The molecule has 0 spiro atoms. The van der Waals surface area contributed by atoms with E-state index >= 15 is 0 Å². The van der Waals surface area contributed by atoms with Crippen LogP contribution >= 0.6 is 0 Å². The summed E-state index contributed by atoms with van der Waals surface area (Å²) in [7, 11) is 0. The maximum atomic E-state index is 11.5. The fraction of sp³-hybridized carbons (Fsp3) is 0.500. The summed E-state index contributed by atoms with van der Waals surface area (Å²) in [6, 6.07) is 6.30. The van der Waals surface area contributed by atoms with Crippen LogP contribution in [-0.2, 0) is 17.6 Å². The van der Waals surface area contributed by atoms with Crippen LogP contribution in [0.2, 0.25) is 0 Å². The third-order valence-corrected chi connectivity index (χ3v) is 3.91. The Kier molecular flexibility index (Phi) is 2.44. The molecule has 0 unspecified atom stereocenters. The zero-order chi connectivity index (χ0) is 11.9. The van der Waals surface area contributed by atoms with Gasteiger partial charge in [-0.3, -0.25) is 4.79 Å². The molecule has 0 saturated heterocycles. The minimum atomic E-state index is 0.0847. The number of aryl methyl sites for hydroxylation is 2. The van der Waals surface area contributed by atoms with Crippen LogP contribution < -0.4 is 11.1 Å². The monoisotopic (exact) mass is 230 g/mol. The van der Waals surface area contributed by atoms with Gasteiger partial charge in [0.25, 0.3) is 0 Å². The lowest BCUT2D eigenvalue weighted by molar-refractivity contribution is -0.116. The quantitative estimate of drug-likeness (QED) is 0.834. The molecule has 1 aliphatic heterocycles. The van der Waals surface area contributed by atoms with E-state index in [2.05, 4.69) is 23.5 Å². The molecule has 0 radical (unpaired) electrons. The second kappa shape index (κ2) is 3.84. The van der Waals surface area contributed by atoms with Crippen molar-refractivity contribution in [3.05, 3.63) is 29.3 Å². The first-order valence-electron chi connectivity index (χ1n) is 6.36. The molecule has 3 heteroatoms. The van der Waals surface area contributed by atoms with Gasteiger partial charge in [0.1, 0.15) is 0 Å². The Bertz CT molecular complexity index is 463. The molecule has 3 N–H and O–H groups in total. The highest BCUT2D eigenvalue weighted by Crippen LogP contribution is 2.38. The van der Waals surface area contributed by atoms with Gasteiger partial charge < -0.3 is 11.1 Å². The highest BCUT2D eigenvalue weighted by molar-refractivity contribution is 5.94. The average molecular weight is 230 g/mol. The van der Waals surface area contributed by atoms with E-state index in [9.17, 15) is 4.79 Å². The Morgan fingerprint density at radius 1 is 1.29 bits per heavy atom. The lowest BCUT2D eigenvalue weighted by Gasteiger charge is -2.20. The molecule has 3 rings (SSSR count). The lowest BCUT2D eigenvalue weighted by Crippen LogP contribution is -2.24. The summed E-state index contributed by atoms with van der Waals surface area (Å²) < 4.78 is 0. The summed E-state index contributed by atoms with van der Waals surface area (Å²) in [6.07, 6.45) is 5.77. The first-order chi connectivity index (χ1) is 8.16. The van der Waals surface area contributed by atoms with Crippen molar-refractivity contribution in [2.24, 2.45) is 5.73 Å². The minimum absolute atomic E-state index is 0.0847. The Morgan fingerprint density at radius 3 is 2.88 bits per heavy atom. The third-order valence-electron chi connectivity index (χ3n) is 3.91. The Balaban J connectivity index is 1.81. The Morgan fingerprint density at radius 2 is 2.12 bits per heavy atom. The normalized spacial score (nSPS) is 20.6. The topological polar surface area (TPSA) is 55.1 Å². The van der Waals surface area contributed by atoms with Gasteiger partial charge in [0.15, 0.2) is 0 Å². The molecule has 90 valence electrons. The molecule has 1 aromatic rings. The molecule has 1 fully saturated rings. The maximum Gasteiger partial charge on any atom is 0.224 e. The van der Waals surface area contributed by atoms with Crippen LogP contribution in [0.3, 0.4) is 0 Å². The number of benzene rings is 1. The van der Waals surface area contributed by atoms with E-state index in [1.54, 1.807) is 0 Å². The van der Waals surface area contributed by atoms with Crippen LogP contribution in [0.15, 0.2) is 18.2 Å². The fourth-order valence-corrected chi connectivity index (χ4v) is 2.47. The molecule has 1 aromatic carbocycles. The number of rotatable bonds is 3. The molecule has 0 atom stereocenters. The second-order valence-corrected chi connectivity index (χ2v) is 5.36. The molecule has 0 aromatic heterocycles. The van der Waals surface area contributed by atoms with Gasteiger partial charge in [-0.2, -0.15) is 0 Å². The number of hydrogen-bond donors (Lipinski definition) is 2. The summed E-state index contributed by atoms with van der Waals surface area (Å²) in [4.78, 5) is 11.5. The molecular weight excluding hydrogens is 212 g/mol. The number of amides is 1. The summed E-state index contributed by atoms with van der Waals surface area (Å²) in [5.41, 5.74) is 9.75. The van der Waals surface area contributed by atoms with Crippen LogP contribution in [-0.4, -0.2) is 11.4 Å². The van der Waals surface area contributed by atoms with Crippen molar-refractivity contribution in [2.75, 3.05) is 5.32 Å². The largest absolute Gasteiger partial charge is 0.326 e. The van der Waals surface area contributed by atoms with Gasteiger partial charge in [0, 0.05) is 17.6 Å². The van der Waals surface area contributed by atoms with Crippen LogP contribution in [0.5, 0.6) is 0 Å². The first-order valence-corrected chi connectivity index (χ1v) is 6.36. The summed E-state index contributed by atoms with van der Waals surface area (Å²) in [5.74, 6) is 0.138. The number of carbonyl (C=O) groups is 1. The number of anilines is 1. The third kappa shape index (κ3) is 2.20. The van der Waals surface area contributed by atoms with E-state index in [1.165, 1.54) is 11.1 Å². The maximum absolute atomic E-state index is 11.5. The lowest BCUT2D eigenvalue weighted by atomic mass is 9.95. The van der Waals surface area contributed by atoms with Crippen LogP contribution in [0.1, 0.15) is 36.8 Å². The van der Waals surface area contributed by atoms with Crippen molar-refractivity contribution in [3.63, 3.8) is 0 Å². The van der Waals surface area contributed by atoms with Crippen molar-refractivity contribution in [1.29, 1.82) is 0 Å². The molecule has 1 saturated carbocycles. The first kappa shape index (κ1) is 10.8. The van der Waals surface area contributed by atoms with Crippen molar-refractivity contribution in [1.82, 2.24) is 0 Å². The van der Waals surface area contributed by atoms with Gasteiger partial charge in [-0.15, -0.1) is 0 Å². The van der Waals surface area contributed by atoms with Crippen molar-refractivity contribution in [3.8, 4) is 0 Å². The van der Waals surface area contributed by atoms with E-state index in [4.69, 9.17) is 5.73 Å². The molecule has 17 heavy (non-hydrogen) atoms. The SMILES string of the molecule is NC1(CCc2cccc3c2NC(=O)CC3)CC1. The summed E-state index contributed by atoms with van der Waals surface area (Å²) in [6.45, 7) is 0. The summed E-state index contributed by atoms with van der Waals surface area (Å²) in [5, 5.41) is 3.01. The smallest absolute Gasteiger partial charge is 0.224 e. The van der Waals surface area contributed by atoms with Gasteiger partial charge in [0.2, 0.25) is 5.91 Å². The predicted molar refractivity (Wildman–Crippen MR) is 67.9 cm³/mol. The fourth-order valence-electron chi connectivity index (χ4n) is 2.47. The number of para-hydroxylation sites is 1. The zero-order valence-electron chi connectivity index (χ0n) is 9.96. The highest BCUT2D eigenvalue weighted by Gasteiger charge is 2.37. The number of carbonyl (C=O) groups excluding carboxylic acids is 1. The Labute approximate surface area is 101 Å². The molecule has 2 aliphatic rings. The highest BCUT2D eigenvalue weighted by atomic mass is 16.1. The molecule has 0 bridgehead atoms. The number of nitrogens with two attached hydrogens (primary N) is 1. The average Bonchev–Trinajstić information content (AvgIpc) is 3.05. The van der Waals surface area contributed by atoms with E-state index in [0.717, 1.165) is 37.8 Å². The van der Waals surface area contributed by atoms with E-state index in [0.29, 0.717) is 6.42 Å². The minimum Gasteiger partial charge on any atom is -0.326 e. The van der Waals surface area contributed by atoms with E-state index in [-0.39, 0.29) is 11.4 Å². The van der Waals surface area contributed by atoms with Crippen molar-refractivity contribution < 1.29 is 4.79 Å². The van der Waals surface area contributed by atoms with Gasteiger partial charge >= 0.3 is 0 Å². The standard InChI is InChI=1S/C14H18N2O/c15-14(8-9-14)7-6-11-3-1-2-10-4-5-12(17)16-13(10)11/h1-3H,4-9,15H2,(H,16,17). The van der Waals surface area contributed by atoms with Gasteiger partial charge in [-0.05, 0) is 43.2 Å². The summed E-state index contributed by atoms with van der Waals surface area (Å²) >= 11 is 0. The van der Waals surface area contributed by atoms with Crippen molar-refractivity contribution in [2.45, 2.75) is 44.1 Å². The van der Waals surface area contributed by atoms with Gasteiger partial charge in [-0.1, -0.05) is 18.2 Å². The predicted octanol–water partition coefficient (Wildman–Crippen LogP) is 2.00. The Hall–Kier alpha value is -1.35. The van der Waals surface area contributed by atoms with Crippen LogP contribution in [0.25, 0.3) is 0 Å². The van der Waals surface area contributed by atoms with E-state index < -0.39 is 0 Å². The van der Waals surface area contributed by atoms with Gasteiger partial charge in [-0.25, -0.2) is 0 Å². The van der Waals surface area contributed by atoms with Gasteiger partial charge in [0.05, 0.1) is 0 Å². The van der Waals surface area contributed by atoms with E-state index in [1.807, 2.05) is 0 Å². The number of fused-ring (bicyclic) bond motifs is 1. The molecule has 1 amide bonds. The van der Waals surface area contributed by atoms with Crippen LogP contribution in [0.4, 0.5) is 5.69 Å². The number of nitrogens with one attached hydrogen (secondary N) is 1. The molecular formula is C14H18N2O. The molecule has 3 nitrogen and oxygen atoms in total. The molecule has 1 aliphatic carbocycles. The number of hydrogen-bond acceptors (Lipinski definition) is 2.